The molecule has 0 radical (unpaired) electrons. The molecule has 1 aliphatic heterocycles. The molecule has 36 heavy (non-hydrogen) atoms. The van der Waals surface area contributed by atoms with E-state index in [0.717, 1.165) is 29.6 Å². The number of piperazine rings is 1. The quantitative estimate of drug-likeness (QED) is 0.358. The average molecular weight is 505 g/mol. The van der Waals surface area contributed by atoms with Gasteiger partial charge in [0.2, 0.25) is 0 Å². The molecule has 1 fully saturated rings. The summed E-state index contributed by atoms with van der Waals surface area (Å²) in [6, 6.07) is 20.0. The Morgan fingerprint density at radius 3 is 2.61 bits per heavy atom. The number of thiophene rings is 1. The summed E-state index contributed by atoms with van der Waals surface area (Å²) >= 11 is 1.65. The Morgan fingerprint density at radius 1 is 1.06 bits per heavy atom. The first kappa shape index (κ1) is 24.1. The molecule has 0 aliphatic carbocycles. The number of benzene rings is 2. The number of carbonyl (C=O) groups is 2. The topological polar surface area (TPSA) is 57.6 Å². The predicted molar refractivity (Wildman–Crippen MR) is 142 cm³/mol. The van der Waals surface area contributed by atoms with Gasteiger partial charge in [0.05, 0.1) is 5.69 Å². The molecule has 0 spiro atoms. The Labute approximate surface area is 213 Å². The van der Waals surface area contributed by atoms with Crippen molar-refractivity contribution in [1.29, 1.82) is 0 Å². The van der Waals surface area contributed by atoms with E-state index in [1.54, 1.807) is 28.4 Å². The molecule has 2 aromatic carbocycles. The van der Waals surface area contributed by atoms with Gasteiger partial charge in [-0.05, 0) is 55.0 Å². The van der Waals surface area contributed by atoms with Crippen LogP contribution >= 0.6 is 11.3 Å². The fraction of sp³-hybridized carbons (Fsp3) is 0.286. The highest BCUT2D eigenvalue weighted by Gasteiger charge is 2.32. The molecule has 6 nitrogen and oxygen atoms in total. The minimum atomic E-state index is -0.472. The lowest BCUT2D eigenvalue weighted by atomic mass is 10.1. The predicted octanol–water partition coefficient (Wildman–Crippen LogP) is 5.85. The number of amides is 3. The lowest BCUT2D eigenvalue weighted by molar-refractivity contribution is 0.0582. The van der Waals surface area contributed by atoms with Gasteiger partial charge in [-0.3, -0.25) is 4.79 Å². The maximum Gasteiger partial charge on any atom is 0.322 e. The van der Waals surface area contributed by atoms with Crippen LogP contribution in [0.1, 0.15) is 29.4 Å². The summed E-state index contributed by atoms with van der Waals surface area (Å²) in [7, 11) is 0. The van der Waals surface area contributed by atoms with Crippen LogP contribution < -0.4 is 5.32 Å². The van der Waals surface area contributed by atoms with Crippen molar-refractivity contribution in [3.63, 3.8) is 0 Å². The van der Waals surface area contributed by atoms with E-state index in [-0.39, 0.29) is 23.7 Å². The van der Waals surface area contributed by atoms with Crippen LogP contribution in [0.25, 0.3) is 10.2 Å². The number of nitrogens with zero attached hydrogens (tertiary/aromatic N) is 3. The Morgan fingerprint density at radius 2 is 1.83 bits per heavy atom. The van der Waals surface area contributed by atoms with Crippen LogP contribution in [0.15, 0.2) is 72.1 Å². The molecule has 2 aromatic heterocycles. The van der Waals surface area contributed by atoms with Crippen LogP contribution in [0.4, 0.5) is 14.9 Å². The van der Waals surface area contributed by atoms with Crippen LogP contribution in [0.5, 0.6) is 0 Å². The molecule has 4 aromatic rings. The molecule has 0 saturated carbocycles. The number of carbonyl (C=O) groups excluding carboxylic acids is 2. The van der Waals surface area contributed by atoms with Crippen LogP contribution in [-0.2, 0) is 13.0 Å². The number of nitrogens with one attached hydrogen (secondary N) is 1. The van der Waals surface area contributed by atoms with E-state index in [1.165, 1.54) is 17.7 Å². The first-order valence-electron chi connectivity index (χ1n) is 12.2. The van der Waals surface area contributed by atoms with Gasteiger partial charge in [0.15, 0.2) is 0 Å². The first-order chi connectivity index (χ1) is 17.5. The molecule has 186 valence electrons. The summed E-state index contributed by atoms with van der Waals surface area (Å²) in [5.41, 5.74) is 2.14. The zero-order valence-electron chi connectivity index (χ0n) is 20.2. The van der Waals surface area contributed by atoms with E-state index < -0.39 is 5.82 Å². The molecule has 1 unspecified atom stereocenters. The maximum atomic E-state index is 14.0. The van der Waals surface area contributed by atoms with Crippen molar-refractivity contribution in [3.05, 3.63) is 89.2 Å². The standard InChI is InChI=1S/C28H29FN4O2S/c1-20-19-31(15-16-32(20)28(35)30-24-12-6-5-11-23(24)29)26(34)25-18-22-13-17-36-27(22)33(25)14-7-10-21-8-3-2-4-9-21/h2-6,8-9,11-13,17-18,20H,7,10,14-16,19H2,1H3,(H,30,35). The molecule has 3 amide bonds. The molecule has 1 atom stereocenters. The van der Waals surface area contributed by atoms with Crippen LogP contribution in [0, 0.1) is 5.82 Å². The van der Waals surface area contributed by atoms with Crippen molar-refractivity contribution in [2.24, 2.45) is 0 Å². The fourth-order valence-electron chi connectivity index (χ4n) is 4.82. The summed E-state index contributed by atoms with van der Waals surface area (Å²) in [6.45, 7) is 3.91. The highest BCUT2D eigenvalue weighted by Crippen LogP contribution is 2.27. The van der Waals surface area contributed by atoms with E-state index in [0.29, 0.717) is 25.3 Å². The van der Waals surface area contributed by atoms with Gasteiger partial charge in [0, 0.05) is 37.6 Å². The van der Waals surface area contributed by atoms with Crippen molar-refractivity contribution < 1.29 is 14.0 Å². The maximum absolute atomic E-state index is 14.0. The van der Waals surface area contributed by atoms with Gasteiger partial charge in [-0.2, -0.15) is 0 Å². The van der Waals surface area contributed by atoms with Gasteiger partial charge >= 0.3 is 6.03 Å². The van der Waals surface area contributed by atoms with Gasteiger partial charge < -0.3 is 19.7 Å². The third-order valence-corrected chi connectivity index (χ3v) is 7.65. The molecule has 3 heterocycles. The smallest absolute Gasteiger partial charge is 0.322 e. The highest BCUT2D eigenvalue weighted by molar-refractivity contribution is 7.16. The van der Waals surface area contributed by atoms with Gasteiger partial charge in [0.25, 0.3) is 5.91 Å². The second-order valence-corrected chi connectivity index (χ2v) is 10.0. The number of rotatable bonds is 6. The number of aromatic nitrogens is 1. The number of halogens is 1. The van der Waals surface area contributed by atoms with Crippen molar-refractivity contribution >= 4 is 39.2 Å². The van der Waals surface area contributed by atoms with Crippen LogP contribution in [0.2, 0.25) is 0 Å². The zero-order valence-corrected chi connectivity index (χ0v) is 21.0. The lowest BCUT2D eigenvalue weighted by Gasteiger charge is -2.39. The van der Waals surface area contributed by atoms with Gasteiger partial charge in [0.1, 0.15) is 16.3 Å². The largest absolute Gasteiger partial charge is 0.334 e. The Kier molecular flexibility index (Phi) is 7.04. The number of urea groups is 1. The van der Waals surface area contributed by atoms with E-state index in [2.05, 4.69) is 45.6 Å². The van der Waals surface area contributed by atoms with Crippen molar-refractivity contribution in [2.75, 3.05) is 25.0 Å². The number of hydrogen-bond acceptors (Lipinski definition) is 3. The highest BCUT2D eigenvalue weighted by atomic mass is 32.1. The summed E-state index contributed by atoms with van der Waals surface area (Å²) < 4.78 is 16.1. The second-order valence-electron chi connectivity index (χ2n) is 9.16. The third-order valence-electron chi connectivity index (χ3n) is 6.70. The summed E-state index contributed by atoms with van der Waals surface area (Å²) in [5, 5.41) is 5.79. The van der Waals surface area contributed by atoms with Crippen molar-refractivity contribution in [3.8, 4) is 0 Å². The van der Waals surface area contributed by atoms with E-state index in [4.69, 9.17) is 0 Å². The summed E-state index contributed by atoms with van der Waals surface area (Å²) in [4.78, 5) is 31.0. The van der Waals surface area contributed by atoms with Crippen LogP contribution in [0.3, 0.4) is 0 Å². The first-order valence-corrected chi connectivity index (χ1v) is 13.1. The summed E-state index contributed by atoms with van der Waals surface area (Å²) in [5.74, 6) is -0.487. The van der Waals surface area contributed by atoms with Gasteiger partial charge in [-0.15, -0.1) is 11.3 Å². The number of hydrogen-bond donors (Lipinski definition) is 1. The van der Waals surface area contributed by atoms with E-state index in [9.17, 15) is 14.0 Å². The minimum absolute atomic E-state index is 0.0147. The molecular weight excluding hydrogens is 475 g/mol. The average Bonchev–Trinajstić information content (AvgIpc) is 3.48. The SMILES string of the molecule is CC1CN(C(=O)c2cc3ccsc3n2CCCc2ccccc2)CCN1C(=O)Nc1ccccc1F. The molecule has 1 aliphatic rings. The van der Waals surface area contributed by atoms with Crippen LogP contribution in [-0.4, -0.2) is 52.0 Å². The molecule has 5 rings (SSSR count). The number of anilines is 1. The lowest BCUT2D eigenvalue weighted by Crippen LogP contribution is -2.56. The van der Waals surface area contributed by atoms with Gasteiger partial charge in [-0.25, -0.2) is 9.18 Å². The molecule has 1 saturated heterocycles. The van der Waals surface area contributed by atoms with Gasteiger partial charge in [-0.1, -0.05) is 42.5 Å². The minimum Gasteiger partial charge on any atom is -0.334 e. The summed E-state index contributed by atoms with van der Waals surface area (Å²) in [6.07, 6.45) is 1.89. The molecule has 0 bridgehead atoms. The fourth-order valence-corrected chi connectivity index (χ4v) is 5.74. The Hall–Kier alpha value is -3.65. The Balaban J connectivity index is 1.26. The number of aryl methyl sites for hydroxylation is 2. The van der Waals surface area contributed by atoms with Crippen molar-refractivity contribution in [1.82, 2.24) is 14.4 Å². The third kappa shape index (κ3) is 4.99. The van der Waals surface area contributed by atoms with E-state index >= 15 is 0 Å². The second kappa shape index (κ2) is 10.5. The monoisotopic (exact) mass is 504 g/mol. The number of para-hydroxylation sites is 1. The normalized spacial score (nSPS) is 15.9. The molecule has 8 heteroatoms. The van der Waals surface area contributed by atoms with E-state index in [1.807, 2.05) is 24.0 Å². The van der Waals surface area contributed by atoms with Crippen molar-refractivity contribution in [2.45, 2.75) is 32.4 Å². The Bertz CT molecular complexity index is 1370. The molecule has 1 N–H and O–H groups in total. The molecular formula is C28H29FN4O2S. The number of fused-ring (bicyclic) bond motifs is 1. The zero-order chi connectivity index (χ0) is 25.1.